The van der Waals surface area contributed by atoms with Crippen molar-refractivity contribution >= 4 is 11.8 Å². The van der Waals surface area contributed by atoms with Crippen LogP contribution < -0.4 is 0 Å². The SMILES string of the molecule is CC1(C)[C@@H]2CC[C@]1(C)C(=O)N(CC#CCN1CCN(C3CCCCC3)CC1)C2=O. The maximum atomic E-state index is 13.0. The lowest BCUT2D eigenvalue weighted by molar-refractivity contribution is -0.166. The number of nitrogens with zero attached hydrogens (tertiary/aromatic N) is 3. The van der Waals surface area contributed by atoms with Crippen molar-refractivity contribution in [3.05, 3.63) is 0 Å². The Balaban J connectivity index is 1.27. The number of fused-ring (bicyclic) bond motifs is 2. The van der Waals surface area contributed by atoms with Crippen LogP contribution in [0.15, 0.2) is 0 Å². The van der Waals surface area contributed by atoms with Gasteiger partial charge in [0.1, 0.15) is 0 Å². The van der Waals surface area contributed by atoms with Gasteiger partial charge in [0.2, 0.25) is 11.8 Å². The van der Waals surface area contributed by atoms with Crippen molar-refractivity contribution in [2.45, 2.75) is 71.8 Å². The summed E-state index contributed by atoms with van der Waals surface area (Å²) in [5, 5.41) is 0. The maximum Gasteiger partial charge on any atom is 0.236 e. The monoisotopic (exact) mass is 399 g/mol. The molecule has 2 amide bonds. The number of hydrogen-bond acceptors (Lipinski definition) is 4. The third-order valence-electron chi connectivity index (χ3n) is 8.67. The van der Waals surface area contributed by atoms with E-state index in [1.807, 2.05) is 6.92 Å². The lowest BCUT2D eigenvalue weighted by Gasteiger charge is -2.47. The Labute approximate surface area is 176 Å². The van der Waals surface area contributed by atoms with E-state index in [9.17, 15) is 9.59 Å². The van der Waals surface area contributed by atoms with Gasteiger partial charge in [-0.25, -0.2) is 0 Å². The highest BCUT2D eigenvalue weighted by atomic mass is 16.2. The van der Waals surface area contributed by atoms with E-state index in [4.69, 9.17) is 0 Å². The van der Waals surface area contributed by atoms with Gasteiger partial charge in [0.15, 0.2) is 0 Å². The fourth-order valence-electron chi connectivity index (χ4n) is 6.09. The standard InChI is InChI=1S/C24H37N3O2/c1-23(2)20-11-12-24(23,3)22(29)27(21(20)28)14-8-7-13-25-15-17-26(18-16-25)19-9-5-4-6-10-19/h19-20H,4-6,9-18H2,1-3H3/t20-,24-/m1/s1. The number of piperidine rings is 1. The van der Waals surface area contributed by atoms with Crippen LogP contribution in [0.5, 0.6) is 0 Å². The molecule has 0 aromatic heterocycles. The van der Waals surface area contributed by atoms with Crippen LogP contribution in [0.1, 0.15) is 65.7 Å². The molecule has 4 rings (SSSR count). The van der Waals surface area contributed by atoms with Crippen LogP contribution in [0.3, 0.4) is 0 Å². The third kappa shape index (κ3) is 3.64. The molecule has 5 nitrogen and oxygen atoms in total. The van der Waals surface area contributed by atoms with E-state index in [1.165, 1.54) is 37.0 Å². The average Bonchev–Trinajstić information content (AvgIpc) is 2.92. The van der Waals surface area contributed by atoms with Crippen LogP contribution in [0, 0.1) is 28.6 Å². The van der Waals surface area contributed by atoms with Gasteiger partial charge in [-0.2, -0.15) is 0 Å². The van der Waals surface area contributed by atoms with Crippen LogP contribution in [0.25, 0.3) is 0 Å². The van der Waals surface area contributed by atoms with Crippen molar-refractivity contribution in [2.24, 2.45) is 16.7 Å². The van der Waals surface area contributed by atoms with E-state index < -0.39 is 5.41 Å². The van der Waals surface area contributed by atoms with Gasteiger partial charge in [0, 0.05) is 38.1 Å². The zero-order valence-electron chi connectivity index (χ0n) is 18.5. The number of amides is 2. The zero-order valence-corrected chi connectivity index (χ0v) is 18.5. The molecule has 4 aliphatic rings. The first-order valence-corrected chi connectivity index (χ1v) is 11.6. The number of likely N-dealkylation sites (tertiary alicyclic amines) is 1. The number of piperazine rings is 1. The minimum Gasteiger partial charge on any atom is -0.298 e. The highest BCUT2D eigenvalue weighted by Gasteiger charge is 2.64. The number of rotatable bonds is 3. The Kier molecular flexibility index (Phi) is 5.79. The number of carbonyl (C=O) groups is 2. The molecule has 0 aromatic carbocycles. The molecule has 5 heteroatoms. The van der Waals surface area contributed by atoms with Gasteiger partial charge in [-0.1, -0.05) is 51.9 Å². The molecule has 0 radical (unpaired) electrons. The van der Waals surface area contributed by atoms with Crippen molar-refractivity contribution in [1.82, 2.24) is 14.7 Å². The summed E-state index contributed by atoms with van der Waals surface area (Å²) in [4.78, 5) is 32.4. The number of imide groups is 1. The molecule has 29 heavy (non-hydrogen) atoms. The molecule has 2 saturated carbocycles. The largest absolute Gasteiger partial charge is 0.298 e. The summed E-state index contributed by atoms with van der Waals surface area (Å²) in [6.45, 7) is 11.6. The van der Waals surface area contributed by atoms with E-state index in [-0.39, 0.29) is 29.7 Å². The Morgan fingerprint density at radius 1 is 0.897 bits per heavy atom. The lowest BCUT2D eigenvalue weighted by atomic mass is 9.62. The van der Waals surface area contributed by atoms with Gasteiger partial charge in [-0.3, -0.25) is 24.3 Å². The first kappa shape index (κ1) is 20.9. The quantitative estimate of drug-likeness (QED) is 0.541. The third-order valence-corrected chi connectivity index (χ3v) is 8.67. The average molecular weight is 400 g/mol. The normalized spacial score (nSPS) is 33.6. The molecule has 4 fully saturated rings. The van der Waals surface area contributed by atoms with Crippen molar-refractivity contribution in [2.75, 3.05) is 39.3 Å². The Morgan fingerprint density at radius 3 is 2.24 bits per heavy atom. The van der Waals surface area contributed by atoms with Gasteiger partial charge in [0.05, 0.1) is 18.5 Å². The first-order valence-electron chi connectivity index (χ1n) is 11.6. The highest BCUT2D eigenvalue weighted by molar-refractivity contribution is 6.04. The minimum absolute atomic E-state index is 0.00892. The summed E-state index contributed by atoms with van der Waals surface area (Å²) < 4.78 is 0. The second-order valence-electron chi connectivity index (χ2n) is 10.3. The fraction of sp³-hybridized carbons (Fsp3) is 0.833. The fourth-order valence-corrected chi connectivity index (χ4v) is 6.09. The van der Waals surface area contributed by atoms with E-state index in [1.54, 1.807) is 0 Å². The molecule has 2 saturated heterocycles. The van der Waals surface area contributed by atoms with Crippen LogP contribution in [0.2, 0.25) is 0 Å². The predicted octanol–water partition coefficient (Wildman–Crippen LogP) is 2.75. The molecule has 0 N–H and O–H groups in total. The second-order valence-corrected chi connectivity index (χ2v) is 10.3. The van der Waals surface area contributed by atoms with Crippen molar-refractivity contribution < 1.29 is 9.59 Å². The van der Waals surface area contributed by atoms with Gasteiger partial charge in [-0.15, -0.1) is 0 Å². The number of hydrogen-bond donors (Lipinski definition) is 0. The van der Waals surface area contributed by atoms with Gasteiger partial charge >= 0.3 is 0 Å². The molecule has 160 valence electrons. The Bertz CT molecular complexity index is 707. The first-order chi connectivity index (χ1) is 13.8. The molecular weight excluding hydrogens is 362 g/mol. The van der Waals surface area contributed by atoms with Gasteiger partial charge in [-0.05, 0) is 31.1 Å². The van der Waals surface area contributed by atoms with Gasteiger partial charge < -0.3 is 0 Å². The van der Waals surface area contributed by atoms with Crippen molar-refractivity contribution in [3.63, 3.8) is 0 Å². The molecule has 2 atom stereocenters. The van der Waals surface area contributed by atoms with Crippen LogP contribution in [-0.4, -0.2) is 71.8 Å². The molecule has 0 spiro atoms. The topological polar surface area (TPSA) is 43.9 Å². The Morgan fingerprint density at radius 2 is 1.55 bits per heavy atom. The molecule has 2 heterocycles. The van der Waals surface area contributed by atoms with Crippen LogP contribution in [-0.2, 0) is 9.59 Å². The van der Waals surface area contributed by atoms with Crippen molar-refractivity contribution in [3.8, 4) is 11.8 Å². The smallest absolute Gasteiger partial charge is 0.236 e. The maximum absolute atomic E-state index is 13.0. The number of carbonyl (C=O) groups excluding carboxylic acids is 2. The molecule has 2 aliphatic heterocycles. The molecule has 2 aliphatic carbocycles. The lowest BCUT2D eigenvalue weighted by Crippen LogP contribution is -2.59. The zero-order chi connectivity index (χ0) is 20.6. The van der Waals surface area contributed by atoms with E-state index in [0.29, 0.717) is 0 Å². The van der Waals surface area contributed by atoms with E-state index in [2.05, 4.69) is 35.5 Å². The highest BCUT2D eigenvalue weighted by Crippen LogP contribution is 2.59. The summed E-state index contributed by atoms with van der Waals surface area (Å²) in [5.41, 5.74) is -0.675. The Hall–Kier alpha value is -1.38. The predicted molar refractivity (Wildman–Crippen MR) is 114 cm³/mol. The summed E-state index contributed by atoms with van der Waals surface area (Å²) in [7, 11) is 0. The molecule has 2 bridgehead atoms. The summed E-state index contributed by atoms with van der Waals surface area (Å²) in [6.07, 6.45) is 8.56. The second kappa shape index (κ2) is 8.04. The molecular formula is C24H37N3O2. The van der Waals surface area contributed by atoms with E-state index in [0.717, 1.165) is 51.6 Å². The molecule has 0 aromatic rings. The van der Waals surface area contributed by atoms with Gasteiger partial charge in [0.25, 0.3) is 0 Å². The molecule has 0 unspecified atom stereocenters. The summed E-state index contributed by atoms with van der Waals surface area (Å²) in [5.74, 6) is 6.30. The minimum atomic E-state index is -0.428. The summed E-state index contributed by atoms with van der Waals surface area (Å²) >= 11 is 0. The van der Waals surface area contributed by atoms with Crippen LogP contribution >= 0.6 is 0 Å². The van der Waals surface area contributed by atoms with Crippen molar-refractivity contribution in [1.29, 1.82) is 0 Å². The summed E-state index contributed by atoms with van der Waals surface area (Å²) in [6, 6.07) is 0.800. The van der Waals surface area contributed by atoms with Crippen LogP contribution in [0.4, 0.5) is 0 Å². The van der Waals surface area contributed by atoms with E-state index >= 15 is 0 Å².